The molecule has 90 valence electrons. The topological polar surface area (TPSA) is 84.3 Å². The summed E-state index contributed by atoms with van der Waals surface area (Å²) in [5.74, 6) is -0.857. The summed E-state index contributed by atoms with van der Waals surface area (Å²) in [7, 11) is 1.33. The van der Waals surface area contributed by atoms with E-state index in [9.17, 15) is 9.59 Å². The molecule has 0 fully saturated rings. The molecule has 0 bridgehead atoms. The number of ether oxygens (including phenoxy) is 1. The molecule has 2 N–H and O–H groups in total. The predicted octanol–water partition coefficient (Wildman–Crippen LogP) is 1.09. The van der Waals surface area contributed by atoms with E-state index in [0.29, 0.717) is 16.8 Å². The first-order valence-corrected chi connectivity index (χ1v) is 5.07. The van der Waals surface area contributed by atoms with E-state index < -0.39 is 11.8 Å². The van der Waals surface area contributed by atoms with Crippen LogP contribution in [-0.2, 0) is 9.53 Å². The molecule has 0 radical (unpaired) electrons. The van der Waals surface area contributed by atoms with Crippen molar-refractivity contribution in [3.05, 3.63) is 28.7 Å². The zero-order chi connectivity index (χ0) is 12.4. The quantitative estimate of drug-likeness (QED) is 0.779. The Bertz CT molecular complexity index is 599. The highest BCUT2D eigenvalue weighted by Crippen LogP contribution is 2.16. The highest BCUT2D eigenvalue weighted by Gasteiger charge is 2.12. The van der Waals surface area contributed by atoms with E-state index in [1.807, 2.05) is 0 Å². The number of benzene rings is 1. The van der Waals surface area contributed by atoms with Gasteiger partial charge in [0.15, 0.2) is 5.58 Å². The number of methoxy groups -OCH3 is 1. The molecule has 2 rings (SSSR count). The van der Waals surface area contributed by atoms with Crippen LogP contribution < -0.4 is 11.1 Å². The van der Waals surface area contributed by atoms with E-state index in [1.54, 1.807) is 25.1 Å². The minimum Gasteiger partial charge on any atom is -0.467 e. The number of carbonyl (C=O) groups excluding carboxylic acids is 1. The van der Waals surface area contributed by atoms with Crippen molar-refractivity contribution in [1.82, 2.24) is 4.98 Å². The molecule has 0 aliphatic heterocycles. The second-order valence-electron chi connectivity index (χ2n) is 3.61. The molecule has 1 heterocycles. The molecular weight excluding hydrogens is 224 g/mol. The van der Waals surface area contributed by atoms with Crippen LogP contribution in [0.25, 0.3) is 11.1 Å². The van der Waals surface area contributed by atoms with Crippen LogP contribution in [0.5, 0.6) is 0 Å². The van der Waals surface area contributed by atoms with Crippen LogP contribution in [0.15, 0.2) is 27.4 Å². The van der Waals surface area contributed by atoms with E-state index in [2.05, 4.69) is 15.0 Å². The molecule has 0 amide bonds. The van der Waals surface area contributed by atoms with Crippen LogP contribution in [0.1, 0.15) is 6.92 Å². The van der Waals surface area contributed by atoms with Crippen molar-refractivity contribution < 1.29 is 13.9 Å². The fourth-order valence-corrected chi connectivity index (χ4v) is 1.53. The monoisotopic (exact) mass is 236 g/mol. The third kappa shape index (κ3) is 2.30. The molecule has 0 saturated heterocycles. The first-order chi connectivity index (χ1) is 8.10. The molecule has 0 aliphatic rings. The van der Waals surface area contributed by atoms with Gasteiger partial charge in [-0.15, -0.1) is 0 Å². The Hall–Kier alpha value is -2.24. The Labute approximate surface area is 96.6 Å². The maximum Gasteiger partial charge on any atom is 0.417 e. The number of anilines is 1. The Morgan fingerprint density at radius 1 is 1.53 bits per heavy atom. The van der Waals surface area contributed by atoms with Crippen molar-refractivity contribution in [2.45, 2.75) is 13.0 Å². The van der Waals surface area contributed by atoms with E-state index in [1.165, 1.54) is 7.11 Å². The summed E-state index contributed by atoms with van der Waals surface area (Å²) in [5, 5.41) is 2.96. The summed E-state index contributed by atoms with van der Waals surface area (Å²) in [6, 6.07) is 4.61. The summed E-state index contributed by atoms with van der Waals surface area (Å²) >= 11 is 0. The Balaban J connectivity index is 2.24. The standard InChI is InChI=1S/C11H12N2O4/c1-6(10(14)16-2)12-7-3-4-9-8(5-7)13-11(15)17-9/h3-6,12H,1-2H3,(H,13,15). The molecule has 2 aromatic rings. The average molecular weight is 236 g/mol. The van der Waals surface area contributed by atoms with Gasteiger partial charge in [0.1, 0.15) is 6.04 Å². The third-order valence-corrected chi connectivity index (χ3v) is 2.36. The maximum absolute atomic E-state index is 11.2. The summed E-state index contributed by atoms with van der Waals surface area (Å²) in [6.45, 7) is 1.69. The summed E-state index contributed by atoms with van der Waals surface area (Å²) in [4.78, 5) is 24.7. The zero-order valence-electron chi connectivity index (χ0n) is 9.44. The van der Waals surface area contributed by atoms with Crippen molar-refractivity contribution in [2.24, 2.45) is 0 Å². The maximum atomic E-state index is 11.2. The predicted molar refractivity (Wildman–Crippen MR) is 61.9 cm³/mol. The summed E-state index contributed by atoms with van der Waals surface area (Å²) < 4.78 is 9.46. The number of H-pyrrole nitrogens is 1. The average Bonchev–Trinajstić information content (AvgIpc) is 2.67. The van der Waals surface area contributed by atoms with Gasteiger partial charge in [-0.25, -0.2) is 9.59 Å². The van der Waals surface area contributed by atoms with Crippen LogP contribution in [0.4, 0.5) is 5.69 Å². The molecule has 17 heavy (non-hydrogen) atoms. The normalized spacial score (nSPS) is 12.4. The number of rotatable bonds is 3. The van der Waals surface area contributed by atoms with E-state index in [4.69, 9.17) is 4.42 Å². The fourth-order valence-electron chi connectivity index (χ4n) is 1.53. The van der Waals surface area contributed by atoms with E-state index >= 15 is 0 Å². The lowest BCUT2D eigenvalue weighted by Crippen LogP contribution is -2.27. The van der Waals surface area contributed by atoms with Gasteiger partial charge in [0.05, 0.1) is 12.6 Å². The number of hydrogen-bond acceptors (Lipinski definition) is 5. The van der Waals surface area contributed by atoms with Gasteiger partial charge < -0.3 is 14.5 Å². The third-order valence-electron chi connectivity index (χ3n) is 2.36. The smallest absolute Gasteiger partial charge is 0.417 e. The Morgan fingerprint density at radius 3 is 3.00 bits per heavy atom. The Kier molecular flexibility index (Phi) is 2.86. The summed E-state index contributed by atoms with van der Waals surface area (Å²) in [5.41, 5.74) is 1.76. The number of esters is 1. The molecule has 0 spiro atoms. The van der Waals surface area contributed by atoms with Crippen LogP contribution in [0.3, 0.4) is 0 Å². The zero-order valence-corrected chi connectivity index (χ0v) is 9.44. The van der Waals surface area contributed by atoms with E-state index in [0.717, 1.165) is 0 Å². The van der Waals surface area contributed by atoms with Crippen LogP contribution in [0.2, 0.25) is 0 Å². The number of carbonyl (C=O) groups is 1. The molecule has 1 aromatic carbocycles. The minimum atomic E-state index is -0.502. The van der Waals surface area contributed by atoms with Gasteiger partial charge >= 0.3 is 11.7 Å². The molecule has 6 nitrogen and oxygen atoms in total. The van der Waals surface area contributed by atoms with Gasteiger partial charge in [-0.1, -0.05) is 0 Å². The lowest BCUT2D eigenvalue weighted by Gasteiger charge is -2.12. The lowest BCUT2D eigenvalue weighted by molar-refractivity contribution is -0.141. The van der Waals surface area contributed by atoms with Gasteiger partial charge in [0.25, 0.3) is 0 Å². The molecule has 6 heteroatoms. The molecule has 1 aromatic heterocycles. The van der Waals surface area contributed by atoms with Crippen molar-refractivity contribution in [2.75, 3.05) is 12.4 Å². The first-order valence-electron chi connectivity index (χ1n) is 5.07. The minimum absolute atomic E-state index is 0.356. The number of aromatic amines is 1. The van der Waals surface area contributed by atoms with Gasteiger partial charge in [-0.05, 0) is 25.1 Å². The number of oxazole rings is 1. The van der Waals surface area contributed by atoms with Crippen molar-refractivity contribution in [1.29, 1.82) is 0 Å². The first kappa shape index (κ1) is 11.3. The van der Waals surface area contributed by atoms with Gasteiger partial charge in [0, 0.05) is 5.69 Å². The lowest BCUT2D eigenvalue weighted by atomic mass is 10.2. The molecule has 1 atom stereocenters. The van der Waals surface area contributed by atoms with E-state index in [-0.39, 0.29) is 5.97 Å². The van der Waals surface area contributed by atoms with Crippen LogP contribution in [0, 0.1) is 0 Å². The number of nitrogens with one attached hydrogen (secondary N) is 2. The van der Waals surface area contributed by atoms with Gasteiger partial charge in [-0.3, -0.25) is 4.98 Å². The number of aromatic nitrogens is 1. The van der Waals surface area contributed by atoms with Crippen molar-refractivity contribution in [3.8, 4) is 0 Å². The Morgan fingerprint density at radius 2 is 2.29 bits per heavy atom. The van der Waals surface area contributed by atoms with Crippen molar-refractivity contribution in [3.63, 3.8) is 0 Å². The van der Waals surface area contributed by atoms with Crippen molar-refractivity contribution >= 4 is 22.8 Å². The molecule has 0 aliphatic carbocycles. The van der Waals surface area contributed by atoms with Gasteiger partial charge in [-0.2, -0.15) is 0 Å². The molecular formula is C11H12N2O4. The number of fused-ring (bicyclic) bond motifs is 1. The van der Waals surface area contributed by atoms with Crippen LogP contribution in [-0.4, -0.2) is 24.1 Å². The molecule has 0 saturated carbocycles. The highest BCUT2D eigenvalue weighted by atomic mass is 16.5. The fraction of sp³-hybridized carbons (Fsp3) is 0.273. The summed E-state index contributed by atoms with van der Waals surface area (Å²) in [6.07, 6.45) is 0. The largest absolute Gasteiger partial charge is 0.467 e. The second kappa shape index (κ2) is 4.32. The SMILES string of the molecule is COC(=O)C(C)Nc1ccc2oc(=O)[nH]c2c1. The van der Waals surface area contributed by atoms with Crippen LogP contribution >= 0.6 is 0 Å². The molecule has 1 unspecified atom stereocenters. The van der Waals surface area contributed by atoms with Gasteiger partial charge in [0.2, 0.25) is 0 Å². The number of hydrogen-bond donors (Lipinski definition) is 2. The highest BCUT2D eigenvalue weighted by molar-refractivity contribution is 5.81. The second-order valence-corrected chi connectivity index (χ2v) is 3.61.